The van der Waals surface area contributed by atoms with Crippen LogP contribution in [0, 0.1) is 5.82 Å². The third kappa shape index (κ3) is 4.59. The smallest absolute Gasteiger partial charge is 0.224 e. The van der Waals surface area contributed by atoms with Crippen molar-refractivity contribution in [3.8, 4) is 5.75 Å². The molecule has 0 aliphatic rings. The van der Waals surface area contributed by atoms with E-state index in [2.05, 4.69) is 20.6 Å². The number of nitrogens with one attached hydrogen (secondary N) is 2. The zero-order valence-corrected chi connectivity index (χ0v) is 11.9. The topological polar surface area (TPSA) is 70.1 Å². The molecule has 6 heteroatoms. The molecule has 2 aromatic rings. The fraction of sp³-hybridized carbons (Fsp3) is 0.333. The lowest BCUT2D eigenvalue weighted by Crippen LogP contribution is -2.11. The highest BCUT2D eigenvalue weighted by Gasteiger charge is 2.06. The molecule has 5 nitrogen and oxygen atoms in total. The lowest BCUT2D eigenvalue weighted by atomic mass is 10.1. The molecule has 21 heavy (non-hydrogen) atoms. The van der Waals surface area contributed by atoms with Crippen LogP contribution in [0.3, 0.4) is 0 Å². The number of aromatic hydroxyl groups is 1. The molecule has 0 fully saturated rings. The van der Waals surface area contributed by atoms with Gasteiger partial charge in [0.15, 0.2) is 11.6 Å². The van der Waals surface area contributed by atoms with Gasteiger partial charge in [0.2, 0.25) is 5.95 Å². The molecule has 0 aliphatic heterocycles. The van der Waals surface area contributed by atoms with Crippen LogP contribution in [0.5, 0.6) is 5.75 Å². The molecular formula is C15H19FN4O. The minimum atomic E-state index is -0.470. The highest BCUT2D eigenvalue weighted by molar-refractivity contribution is 5.41. The third-order valence-corrected chi connectivity index (χ3v) is 2.92. The number of aromatic nitrogens is 2. The van der Waals surface area contributed by atoms with Crippen molar-refractivity contribution in [3.05, 3.63) is 41.8 Å². The number of nitrogens with zero attached hydrogens (tertiary/aromatic N) is 2. The quantitative estimate of drug-likeness (QED) is 0.731. The van der Waals surface area contributed by atoms with Crippen LogP contribution in [0.2, 0.25) is 0 Å². The van der Waals surface area contributed by atoms with Gasteiger partial charge in [-0.3, -0.25) is 0 Å². The van der Waals surface area contributed by atoms with Crippen molar-refractivity contribution in [2.45, 2.75) is 19.8 Å². The fourth-order valence-electron chi connectivity index (χ4n) is 1.80. The van der Waals surface area contributed by atoms with Crippen LogP contribution in [0.1, 0.15) is 18.9 Å². The summed E-state index contributed by atoms with van der Waals surface area (Å²) < 4.78 is 13.6. The van der Waals surface area contributed by atoms with Crippen LogP contribution in [0.15, 0.2) is 30.5 Å². The summed E-state index contributed by atoms with van der Waals surface area (Å²) in [6.07, 6.45) is 2.82. The first kappa shape index (κ1) is 15.0. The fourth-order valence-corrected chi connectivity index (χ4v) is 1.80. The third-order valence-electron chi connectivity index (χ3n) is 2.92. The summed E-state index contributed by atoms with van der Waals surface area (Å²) in [5, 5.41) is 15.2. The molecule has 0 saturated heterocycles. The molecule has 1 aromatic heterocycles. The number of benzene rings is 1. The van der Waals surface area contributed by atoms with Crippen LogP contribution in [-0.2, 0) is 6.42 Å². The first-order valence-corrected chi connectivity index (χ1v) is 6.97. The van der Waals surface area contributed by atoms with Crippen molar-refractivity contribution in [3.63, 3.8) is 0 Å². The van der Waals surface area contributed by atoms with Gasteiger partial charge >= 0.3 is 0 Å². The lowest BCUT2D eigenvalue weighted by Gasteiger charge is -2.09. The number of halogens is 1. The summed E-state index contributed by atoms with van der Waals surface area (Å²) >= 11 is 0. The summed E-state index contributed by atoms with van der Waals surface area (Å²) in [5.41, 5.74) is 1.05. The average molecular weight is 290 g/mol. The molecule has 0 unspecified atom stereocenters. The summed E-state index contributed by atoms with van der Waals surface area (Å²) in [6, 6.07) is 6.93. The maximum absolute atomic E-state index is 13.6. The van der Waals surface area contributed by atoms with Crippen molar-refractivity contribution >= 4 is 11.8 Å². The Morgan fingerprint density at radius 3 is 2.62 bits per heavy atom. The molecule has 1 aromatic carbocycles. The Hall–Kier alpha value is -2.37. The molecule has 112 valence electrons. The minimum Gasteiger partial charge on any atom is -0.508 e. The van der Waals surface area contributed by atoms with Crippen LogP contribution < -0.4 is 10.6 Å². The first-order chi connectivity index (χ1) is 10.2. The van der Waals surface area contributed by atoms with E-state index in [4.69, 9.17) is 0 Å². The molecule has 0 saturated carbocycles. The molecule has 0 radical (unpaired) electrons. The molecule has 0 spiro atoms. The Kier molecular flexibility index (Phi) is 5.31. The molecule has 3 N–H and O–H groups in total. The van der Waals surface area contributed by atoms with Gasteiger partial charge in [-0.25, -0.2) is 9.37 Å². The first-order valence-electron chi connectivity index (χ1n) is 6.97. The summed E-state index contributed by atoms with van der Waals surface area (Å²) in [7, 11) is 0. The van der Waals surface area contributed by atoms with E-state index in [-0.39, 0.29) is 11.6 Å². The van der Waals surface area contributed by atoms with Crippen molar-refractivity contribution in [2.75, 3.05) is 23.7 Å². The predicted molar refractivity (Wildman–Crippen MR) is 81.1 cm³/mol. The number of phenolic OH excluding ortho intramolecular Hbond substituents is 1. The van der Waals surface area contributed by atoms with Crippen LogP contribution >= 0.6 is 0 Å². The zero-order valence-electron chi connectivity index (χ0n) is 11.9. The number of rotatable bonds is 7. The molecule has 0 bridgehead atoms. The SMILES string of the molecule is CCCNc1ncc(F)c(NCCc2ccc(O)cc2)n1. The second-order valence-corrected chi connectivity index (χ2v) is 4.66. The van der Waals surface area contributed by atoms with Crippen molar-refractivity contribution < 1.29 is 9.50 Å². The second-order valence-electron chi connectivity index (χ2n) is 4.66. The molecule has 0 amide bonds. The molecule has 0 aliphatic carbocycles. The van der Waals surface area contributed by atoms with E-state index in [1.54, 1.807) is 12.1 Å². The van der Waals surface area contributed by atoms with Gasteiger partial charge in [-0.15, -0.1) is 0 Å². The number of hydrogen-bond acceptors (Lipinski definition) is 5. The van der Waals surface area contributed by atoms with Gasteiger partial charge in [0.05, 0.1) is 6.20 Å². The van der Waals surface area contributed by atoms with E-state index in [1.807, 2.05) is 19.1 Å². The van der Waals surface area contributed by atoms with E-state index in [9.17, 15) is 9.50 Å². The Bertz CT molecular complexity index is 574. The number of phenols is 1. The Morgan fingerprint density at radius 2 is 1.90 bits per heavy atom. The van der Waals surface area contributed by atoms with Crippen molar-refractivity contribution in [1.82, 2.24) is 9.97 Å². The number of hydrogen-bond donors (Lipinski definition) is 3. The van der Waals surface area contributed by atoms with Gasteiger partial charge in [-0.05, 0) is 30.5 Å². The van der Waals surface area contributed by atoms with E-state index in [0.29, 0.717) is 18.9 Å². The summed E-state index contributed by atoms with van der Waals surface area (Å²) in [4.78, 5) is 7.99. The average Bonchev–Trinajstić information content (AvgIpc) is 2.50. The minimum absolute atomic E-state index is 0.197. The van der Waals surface area contributed by atoms with E-state index < -0.39 is 5.82 Å². The van der Waals surface area contributed by atoms with Crippen LogP contribution in [-0.4, -0.2) is 28.2 Å². The van der Waals surface area contributed by atoms with Gasteiger partial charge in [0.1, 0.15) is 5.75 Å². The maximum atomic E-state index is 13.6. The van der Waals surface area contributed by atoms with E-state index >= 15 is 0 Å². The van der Waals surface area contributed by atoms with Gasteiger partial charge in [0, 0.05) is 13.1 Å². The van der Waals surface area contributed by atoms with Gasteiger partial charge in [0.25, 0.3) is 0 Å². The molecule has 1 heterocycles. The van der Waals surface area contributed by atoms with Crippen LogP contribution in [0.4, 0.5) is 16.2 Å². The Labute approximate surface area is 123 Å². The standard InChI is InChI=1S/C15H19FN4O/c1-2-8-18-15-19-10-13(16)14(20-15)17-9-7-11-3-5-12(21)6-4-11/h3-6,10,21H,2,7-9H2,1H3,(H2,17,18,19,20). The zero-order chi connectivity index (χ0) is 15.1. The summed E-state index contributed by atoms with van der Waals surface area (Å²) in [5.74, 6) is 0.385. The lowest BCUT2D eigenvalue weighted by molar-refractivity contribution is 0.475. The largest absolute Gasteiger partial charge is 0.508 e. The van der Waals surface area contributed by atoms with Crippen molar-refractivity contribution in [1.29, 1.82) is 0 Å². The highest BCUT2D eigenvalue weighted by atomic mass is 19.1. The number of anilines is 2. The Balaban J connectivity index is 1.91. The molecule has 2 rings (SSSR count). The second kappa shape index (κ2) is 7.42. The molecule has 0 atom stereocenters. The van der Waals surface area contributed by atoms with Crippen LogP contribution in [0.25, 0.3) is 0 Å². The van der Waals surface area contributed by atoms with Gasteiger partial charge in [-0.1, -0.05) is 19.1 Å². The highest BCUT2D eigenvalue weighted by Crippen LogP contribution is 2.13. The van der Waals surface area contributed by atoms with Gasteiger partial charge in [-0.2, -0.15) is 4.98 Å². The predicted octanol–water partition coefficient (Wildman–Crippen LogP) is 2.80. The monoisotopic (exact) mass is 290 g/mol. The normalized spacial score (nSPS) is 10.4. The van der Waals surface area contributed by atoms with E-state index in [1.165, 1.54) is 0 Å². The van der Waals surface area contributed by atoms with Crippen molar-refractivity contribution in [2.24, 2.45) is 0 Å². The van der Waals surface area contributed by atoms with Gasteiger partial charge < -0.3 is 15.7 Å². The Morgan fingerprint density at radius 1 is 1.14 bits per heavy atom. The van der Waals surface area contributed by atoms with E-state index in [0.717, 1.165) is 24.7 Å². The maximum Gasteiger partial charge on any atom is 0.224 e. The summed E-state index contributed by atoms with van der Waals surface area (Å²) in [6.45, 7) is 3.33. The molecular weight excluding hydrogens is 271 g/mol.